The Hall–Kier alpha value is -1.90. The summed E-state index contributed by atoms with van der Waals surface area (Å²) in [6.07, 6.45) is 0. The molecule has 0 atom stereocenters. The molecule has 0 aliphatic rings. The highest BCUT2D eigenvalue weighted by atomic mass is 32.2. The van der Waals surface area contributed by atoms with Crippen LogP contribution < -0.4 is 0 Å². The second kappa shape index (κ2) is 5.83. The molecule has 2 aromatic rings. The lowest BCUT2D eigenvalue weighted by molar-refractivity contribution is 0.281. The fourth-order valence-corrected chi connectivity index (χ4v) is 2.41. The Labute approximate surface area is 113 Å². The third kappa shape index (κ3) is 3.11. The van der Waals surface area contributed by atoms with E-state index in [1.54, 1.807) is 18.2 Å². The molecule has 0 spiro atoms. The predicted octanol–water partition coefficient (Wildman–Crippen LogP) is 3.48. The van der Waals surface area contributed by atoms with Crippen molar-refractivity contribution in [3.63, 3.8) is 0 Å². The molecular weight excluding hydrogens is 268 g/mol. The molecule has 0 radical (unpaired) electrons. The zero-order valence-electron chi connectivity index (χ0n) is 9.73. The van der Waals surface area contributed by atoms with Crippen LogP contribution in [0.2, 0.25) is 0 Å². The molecule has 0 aliphatic carbocycles. The van der Waals surface area contributed by atoms with Crippen LogP contribution >= 0.6 is 11.8 Å². The molecule has 0 unspecified atom stereocenters. The Kier molecular flexibility index (Phi) is 4.15. The third-order valence-electron chi connectivity index (χ3n) is 2.46. The molecule has 1 N–H and O–H groups in total. The molecule has 0 saturated carbocycles. The van der Waals surface area contributed by atoms with Crippen molar-refractivity contribution < 1.29 is 13.9 Å². The van der Waals surface area contributed by atoms with Gasteiger partial charge in [0.15, 0.2) is 0 Å². The monoisotopic (exact) mass is 277 g/mol. The first-order valence-corrected chi connectivity index (χ1v) is 6.22. The molecule has 0 aromatic heterocycles. The normalized spacial score (nSPS) is 10.2. The predicted molar refractivity (Wildman–Crippen MR) is 67.6 cm³/mol. The van der Waals surface area contributed by atoms with E-state index in [9.17, 15) is 8.78 Å². The number of aliphatic hydroxyl groups is 1. The van der Waals surface area contributed by atoms with Crippen LogP contribution in [0.25, 0.3) is 0 Å². The summed E-state index contributed by atoms with van der Waals surface area (Å²) in [5, 5.41) is 18.0. The van der Waals surface area contributed by atoms with Crippen molar-refractivity contribution in [3.8, 4) is 6.07 Å². The van der Waals surface area contributed by atoms with Crippen molar-refractivity contribution in [2.45, 2.75) is 16.4 Å². The number of nitrogens with zero attached hydrogens (tertiary/aromatic N) is 1. The van der Waals surface area contributed by atoms with Gasteiger partial charge < -0.3 is 5.11 Å². The highest BCUT2D eigenvalue weighted by molar-refractivity contribution is 7.99. The molecule has 0 saturated heterocycles. The maximum atomic E-state index is 13.5. The Morgan fingerprint density at radius 3 is 2.47 bits per heavy atom. The minimum atomic E-state index is -0.667. The van der Waals surface area contributed by atoms with Gasteiger partial charge in [0.05, 0.1) is 12.2 Å². The average molecular weight is 277 g/mol. The van der Waals surface area contributed by atoms with Crippen molar-refractivity contribution in [1.82, 2.24) is 0 Å². The molecule has 96 valence electrons. The van der Waals surface area contributed by atoms with E-state index in [-0.39, 0.29) is 11.5 Å². The Morgan fingerprint density at radius 2 is 1.84 bits per heavy atom. The highest BCUT2D eigenvalue weighted by Crippen LogP contribution is 2.32. The van der Waals surface area contributed by atoms with Gasteiger partial charge in [-0.05, 0) is 29.8 Å². The van der Waals surface area contributed by atoms with Gasteiger partial charge >= 0.3 is 0 Å². The van der Waals surface area contributed by atoms with Gasteiger partial charge in [-0.15, -0.1) is 0 Å². The van der Waals surface area contributed by atoms with Gasteiger partial charge in [0.2, 0.25) is 0 Å². The number of benzene rings is 2. The zero-order valence-corrected chi connectivity index (χ0v) is 10.5. The number of aliphatic hydroxyl groups excluding tert-OH is 1. The third-order valence-corrected chi connectivity index (χ3v) is 3.59. The minimum Gasteiger partial charge on any atom is -0.392 e. The van der Waals surface area contributed by atoms with Gasteiger partial charge in [-0.1, -0.05) is 17.8 Å². The summed E-state index contributed by atoms with van der Waals surface area (Å²) in [4.78, 5) is 0.805. The Bertz CT molecular complexity index is 652. The lowest BCUT2D eigenvalue weighted by Crippen LogP contribution is -1.89. The second-order valence-corrected chi connectivity index (χ2v) is 4.86. The smallest absolute Gasteiger partial charge is 0.140 e. The van der Waals surface area contributed by atoms with Crippen molar-refractivity contribution in [2.24, 2.45) is 0 Å². The lowest BCUT2D eigenvalue weighted by Gasteiger charge is -2.06. The lowest BCUT2D eigenvalue weighted by atomic mass is 10.1. The van der Waals surface area contributed by atoms with Gasteiger partial charge in [-0.3, -0.25) is 0 Å². The SMILES string of the molecule is N#Cc1cc(CO)ccc1Sc1ccc(F)cc1F. The van der Waals surface area contributed by atoms with Crippen molar-refractivity contribution >= 4 is 11.8 Å². The van der Waals surface area contributed by atoms with Crippen molar-refractivity contribution in [1.29, 1.82) is 5.26 Å². The summed E-state index contributed by atoms with van der Waals surface area (Å²) < 4.78 is 26.3. The Morgan fingerprint density at radius 1 is 1.11 bits per heavy atom. The number of halogens is 2. The van der Waals surface area contributed by atoms with Crippen LogP contribution in [-0.4, -0.2) is 5.11 Å². The van der Waals surface area contributed by atoms with Crippen molar-refractivity contribution in [3.05, 3.63) is 59.2 Å². The highest BCUT2D eigenvalue weighted by Gasteiger charge is 2.09. The van der Waals surface area contributed by atoms with E-state index in [4.69, 9.17) is 10.4 Å². The fourth-order valence-electron chi connectivity index (χ4n) is 1.53. The van der Waals surface area contributed by atoms with Gasteiger partial charge in [-0.25, -0.2) is 8.78 Å². The molecule has 0 fully saturated rings. The molecule has 2 rings (SSSR count). The van der Waals surface area contributed by atoms with Crippen LogP contribution in [0.3, 0.4) is 0 Å². The van der Waals surface area contributed by atoms with E-state index in [1.165, 1.54) is 12.1 Å². The molecule has 2 aromatic carbocycles. The van der Waals surface area contributed by atoms with Crippen molar-refractivity contribution in [2.75, 3.05) is 0 Å². The summed E-state index contributed by atoms with van der Waals surface area (Å²) in [6, 6.07) is 10.1. The summed E-state index contributed by atoms with van der Waals surface area (Å²) in [5.41, 5.74) is 0.959. The molecule has 0 heterocycles. The van der Waals surface area contributed by atoms with Crippen LogP contribution in [0.1, 0.15) is 11.1 Å². The molecule has 5 heteroatoms. The van der Waals surface area contributed by atoms with E-state index in [0.717, 1.165) is 17.8 Å². The first-order chi connectivity index (χ1) is 9.13. The average Bonchev–Trinajstić information content (AvgIpc) is 2.42. The standard InChI is InChI=1S/C14H9F2NOS/c15-11-2-4-14(12(16)6-11)19-13-3-1-9(8-18)5-10(13)7-17/h1-6,18H,8H2. The number of hydrogen-bond donors (Lipinski definition) is 1. The number of rotatable bonds is 3. The van der Waals surface area contributed by atoms with E-state index in [2.05, 4.69) is 0 Å². The first-order valence-electron chi connectivity index (χ1n) is 5.41. The van der Waals surface area contributed by atoms with E-state index in [1.807, 2.05) is 6.07 Å². The Balaban J connectivity index is 2.35. The largest absolute Gasteiger partial charge is 0.392 e. The quantitative estimate of drug-likeness (QED) is 0.934. The molecule has 2 nitrogen and oxygen atoms in total. The first kappa shape index (κ1) is 13.5. The van der Waals surface area contributed by atoms with Gasteiger partial charge in [0.25, 0.3) is 0 Å². The zero-order chi connectivity index (χ0) is 13.8. The van der Waals surface area contributed by atoms with Crippen LogP contribution in [0.15, 0.2) is 46.2 Å². The summed E-state index contributed by atoms with van der Waals surface area (Å²) in [6.45, 7) is -0.162. The topological polar surface area (TPSA) is 44.0 Å². The second-order valence-electron chi connectivity index (χ2n) is 3.78. The van der Waals surface area contributed by atoms with Crippen LogP contribution in [-0.2, 0) is 6.61 Å². The number of nitriles is 1. The minimum absolute atomic E-state index is 0.162. The molecule has 19 heavy (non-hydrogen) atoms. The maximum Gasteiger partial charge on any atom is 0.140 e. The van der Waals surface area contributed by atoms with Gasteiger partial charge in [0.1, 0.15) is 17.7 Å². The molecule has 0 aliphatic heterocycles. The van der Waals surface area contributed by atoms with E-state index in [0.29, 0.717) is 16.0 Å². The summed E-state index contributed by atoms with van der Waals surface area (Å²) in [5.74, 6) is -1.31. The van der Waals surface area contributed by atoms with Gasteiger partial charge in [0, 0.05) is 15.9 Å². The van der Waals surface area contributed by atoms with E-state index < -0.39 is 11.6 Å². The van der Waals surface area contributed by atoms with Crippen LogP contribution in [0, 0.1) is 23.0 Å². The molecule has 0 amide bonds. The fraction of sp³-hybridized carbons (Fsp3) is 0.0714. The van der Waals surface area contributed by atoms with E-state index >= 15 is 0 Å². The summed E-state index contributed by atoms with van der Waals surface area (Å²) >= 11 is 1.05. The maximum absolute atomic E-state index is 13.5. The van der Waals surface area contributed by atoms with Crippen LogP contribution in [0.4, 0.5) is 8.78 Å². The van der Waals surface area contributed by atoms with Gasteiger partial charge in [-0.2, -0.15) is 5.26 Å². The molecular formula is C14H9F2NOS. The summed E-state index contributed by atoms with van der Waals surface area (Å²) in [7, 11) is 0. The number of hydrogen-bond acceptors (Lipinski definition) is 3. The van der Waals surface area contributed by atoms with Crippen LogP contribution in [0.5, 0.6) is 0 Å². The molecule has 0 bridgehead atoms.